The van der Waals surface area contributed by atoms with E-state index in [9.17, 15) is 9.59 Å². The summed E-state index contributed by atoms with van der Waals surface area (Å²) in [4.78, 5) is 22.2. The van der Waals surface area contributed by atoms with Gasteiger partial charge in [-0.2, -0.15) is 0 Å². The van der Waals surface area contributed by atoms with Crippen LogP contribution in [0.3, 0.4) is 0 Å². The number of carboxylic acid groups (broad SMARTS) is 2. The Hall–Kier alpha value is -2.30. The second-order valence-corrected chi connectivity index (χ2v) is 8.14. The molecule has 0 aromatic heterocycles. The van der Waals surface area contributed by atoms with Crippen LogP contribution >= 0.6 is 0 Å². The Morgan fingerprint density at radius 2 is 1.16 bits per heavy atom. The number of rotatable bonds is 19. The molecule has 0 heterocycles. The first kappa shape index (κ1) is 26.7. The first-order chi connectivity index (χ1) is 15.0. The van der Waals surface area contributed by atoms with E-state index in [0.717, 1.165) is 25.3 Å². The monoisotopic (exact) mass is 432 g/mol. The molecule has 31 heavy (non-hydrogen) atoms. The molecule has 0 saturated heterocycles. The first-order valence-corrected chi connectivity index (χ1v) is 11.9. The molecule has 5 nitrogen and oxygen atoms in total. The van der Waals surface area contributed by atoms with Gasteiger partial charge in [-0.3, -0.25) is 0 Å². The fraction of sp³-hybridized carbons (Fsp3) is 0.615. The minimum atomic E-state index is -1.16. The van der Waals surface area contributed by atoms with Crippen molar-refractivity contribution in [1.29, 1.82) is 0 Å². The van der Waals surface area contributed by atoms with Gasteiger partial charge < -0.3 is 14.9 Å². The summed E-state index contributed by atoms with van der Waals surface area (Å²) in [6.45, 7) is 2.71. The van der Waals surface area contributed by atoms with Gasteiger partial charge >= 0.3 is 11.9 Å². The molecular formula is C26H40O5. The van der Waals surface area contributed by atoms with Crippen molar-refractivity contribution in [2.45, 2.75) is 96.8 Å². The molecule has 0 bridgehead atoms. The molecule has 0 aliphatic carbocycles. The average Bonchev–Trinajstić information content (AvgIpc) is 2.75. The van der Waals surface area contributed by atoms with Gasteiger partial charge in [-0.15, -0.1) is 0 Å². The molecule has 1 rings (SSSR count). The molecule has 0 aliphatic heterocycles. The molecule has 0 spiro atoms. The largest absolute Gasteiger partial charge is 0.494 e. The fourth-order valence-electron chi connectivity index (χ4n) is 3.47. The van der Waals surface area contributed by atoms with Crippen LogP contribution in [0.25, 0.3) is 0 Å². The van der Waals surface area contributed by atoms with Gasteiger partial charge in [0.05, 0.1) is 17.7 Å². The highest BCUT2D eigenvalue weighted by Crippen LogP contribution is 2.18. The van der Waals surface area contributed by atoms with E-state index in [1.54, 1.807) is 0 Å². The van der Waals surface area contributed by atoms with E-state index in [-0.39, 0.29) is 11.1 Å². The number of aromatic carboxylic acids is 2. The third-order valence-electron chi connectivity index (χ3n) is 5.33. The predicted octanol–water partition coefficient (Wildman–Crippen LogP) is 7.50. The number of carboxylic acids is 2. The molecule has 2 N–H and O–H groups in total. The quantitative estimate of drug-likeness (QED) is 0.175. The highest BCUT2D eigenvalue weighted by atomic mass is 16.5. The number of allylic oxidation sites excluding steroid dienone is 2. The molecule has 0 radical (unpaired) electrons. The third kappa shape index (κ3) is 13.6. The first-order valence-electron chi connectivity index (χ1n) is 11.9. The van der Waals surface area contributed by atoms with E-state index in [1.807, 2.05) is 0 Å². The molecule has 0 fully saturated rings. The van der Waals surface area contributed by atoms with Crippen molar-refractivity contribution in [2.75, 3.05) is 6.61 Å². The Morgan fingerprint density at radius 3 is 1.65 bits per heavy atom. The smallest absolute Gasteiger partial charge is 0.335 e. The third-order valence-corrected chi connectivity index (χ3v) is 5.33. The van der Waals surface area contributed by atoms with Gasteiger partial charge in [0.25, 0.3) is 0 Å². The summed E-state index contributed by atoms with van der Waals surface area (Å²) < 4.78 is 5.57. The molecule has 0 atom stereocenters. The van der Waals surface area contributed by atoms with Crippen molar-refractivity contribution in [3.63, 3.8) is 0 Å². The number of benzene rings is 1. The second-order valence-electron chi connectivity index (χ2n) is 8.14. The van der Waals surface area contributed by atoms with Crippen LogP contribution in [0, 0.1) is 0 Å². The fourth-order valence-corrected chi connectivity index (χ4v) is 3.47. The molecule has 0 unspecified atom stereocenters. The van der Waals surface area contributed by atoms with Crippen molar-refractivity contribution in [3.05, 3.63) is 41.5 Å². The maximum Gasteiger partial charge on any atom is 0.335 e. The zero-order valence-electron chi connectivity index (χ0n) is 19.1. The number of ether oxygens (including phenoxy) is 1. The SMILES string of the molecule is CCCCCCCC/C=C\CCCCCCCCOc1cc(C(=O)O)cc(C(=O)O)c1. The Kier molecular flexibility index (Phi) is 15.0. The van der Waals surface area contributed by atoms with E-state index >= 15 is 0 Å². The number of carbonyl (C=O) groups is 2. The lowest BCUT2D eigenvalue weighted by molar-refractivity contribution is 0.0696. The van der Waals surface area contributed by atoms with Crippen molar-refractivity contribution in [1.82, 2.24) is 0 Å². The summed E-state index contributed by atoms with van der Waals surface area (Å²) in [5, 5.41) is 18.2. The van der Waals surface area contributed by atoms with E-state index in [2.05, 4.69) is 19.1 Å². The van der Waals surface area contributed by atoms with E-state index in [0.29, 0.717) is 12.4 Å². The lowest BCUT2D eigenvalue weighted by atomic mass is 10.1. The Balaban J connectivity index is 2.02. The van der Waals surface area contributed by atoms with Gasteiger partial charge in [0.1, 0.15) is 5.75 Å². The van der Waals surface area contributed by atoms with Gasteiger partial charge in [-0.05, 0) is 50.3 Å². The Bertz CT molecular complexity index is 634. The summed E-state index contributed by atoms with van der Waals surface area (Å²) >= 11 is 0. The highest BCUT2D eigenvalue weighted by Gasteiger charge is 2.12. The van der Waals surface area contributed by atoms with Crippen molar-refractivity contribution in [3.8, 4) is 5.75 Å². The lowest BCUT2D eigenvalue weighted by Gasteiger charge is -2.08. The van der Waals surface area contributed by atoms with Crippen LogP contribution in [0.5, 0.6) is 5.75 Å². The molecule has 174 valence electrons. The van der Waals surface area contributed by atoms with Crippen LogP contribution in [0.4, 0.5) is 0 Å². The standard InChI is InChI=1S/C26H40O5/c1-2-3-4-5-6-7-8-9-10-11-12-13-14-15-16-17-18-31-24-20-22(25(27)28)19-23(21-24)26(29)30/h9-10,19-21H,2-8,11-18H2,1H3,(H,27,28)(H,29,30)/b10-9-. The normalized spacial score (nSPS) is 11.1. The maximum atomic E-state index is 11.1. The van der Waals surface area contributed by atoms with Crippen LogP contribution in [-0.2, 0) is 0 Å². The summed E-state index contributed by atoms with van der Waals surface area (Å²) in [7, 11) is 0. The van der Waals surface area contributed by atoms with E-state index in [1.165, 1.54) is 82.8 Å². The van der Waals surface area contributed by atoms with Crippen LogP contribution in [0.15, 0.2) is 30.4 Å². The topological polar surface area (TPSA) is 83.8 Å². The minimum absolute atomic E-state index is 0.0732. The number of unbranched alkanes of at least 4 members (excludes halogenated alkanes) is 12. The Morgan fingerprint density at radius 1 is 0.710 bits per heavy atom. The zero-order valence-corrected chi connectivity index (χ0v) is 19.1. The van der Waals surface area contributed by atoms with Crippen LogP contribution in [0.1, 0.15) is 118 Å². The van der Waals surface area contributed by atoms with Gasteiger partial charge in [-0.1, -0.05) is 76.9 Å². The van der Waals surface area contributed by atoms with Crippen molar-refractivity contribution in [2.24, 2.45) is 0 Å². The van der Waals surface area contributed by atoms with Crippen molar-refractivity contribution >= 4 is 11.9 Å². The second kappa shape index (κ2) is 17.4. The molecule has 5 heteroatoms. The molecule has 0 aliphatic rings. The molecule has 0 amide bonds. The molecular weight excluding hydrogens is 392 g/mol. The maximum absolute atomic E-state index is 11.1. The van der Waals surface area contributed by atoms with Gasteiger partial charge in [0.15, 0.2) is 0 Å². The summed E-state index contributed by atoms with van der Waals surface area (Å²) in [6.07, 6.45) is 22.0. The molecule has 0 saturated carbocycles. The number of hydrogen-bond acceptors (Lipinski definition) is 3. The lowest BCUT2D eigenvalue weighted by Crippen LogP contribution is -2.05. The van der Waals surface area contributed by atoms with Crippen LogP contribution in [-0.4, -0.2) is 28.8 Å². The van der Waals surface area contributed by atoms with Gasteiger partial charge in [0.2, 0.25) is 0 Å². The minimum Gasteiger partial charge on any atom is -0.494 e. The van der Waals surface area contributed by atoms with Gasteiger partial charge in [0, 0.05) is 0 Å². The molecule has 1 aromatic carbocycles. The Labute approximate surface area is 187 Å². The zero-order chi connectivity index (χ0) is 22.7. The summed E-state index contributed by atoms with van der Waals surface area (Å²) in [5.74, 6) is -2.03. The number of hydrogen-bond donors (Lipinski definition) is 2. The van der Waals surface area contributed by atoms with Crippen LogP contribution < -0.4 is 4.74 Å². The van der Waals surface area contributed by atoms with E-state index in [4.69, 9.17) is 14.9 Å². The predicted molar refractivity (Wildman–Crippen MR) is 125 cm³/mol. The van der Waals surface area contributed by atoms with Crippen molar-refractivity contribution < 1.29 is 24.5 Å². The van der Waals surface area contributed by atoms with Gasteiger partial charge in [-0.25, -0.2) is 9.59 Å². The summed E-state index contributed by atoms with van der Waals surface area (Å²) in [6, 6.07) is 3.88. The average molecular weight is 433 g/mol. The van der Waals surface area contributed by atoms with Crippen LogP contribution in [0.2, 0.25) is 0 Å². The van der Waals surface area contributed by atoms with E-state index < -0.39 is 11.9 Å². The summed E-state index contributed by atoms with van der Waals surface area (Å²) in [5.41, 5.74) is -0.146. The highest BCUT2D eigenvalue weighted by molar-refractivity contribution is 5.94. The molecule has 1 aromatic rings.